The molecule has 0 aliphatic carbocycles. The number of aromatic nitrogens is 2. The molecule has 26 heavy (non-hydrogen) atoms. The highest BCUT2D eigenvalue weighted by molar-refractivity contribution is 7.18. The highest BCUT2D eigenvalue weighted by Gasteiger charge is 2.27. The zero-order valence-corrected chi connectivity index (χ0v) is 16.0. The standard InChI is InChI=1S/C20H19N3OS2/c1-2-7-18-16(6-1)21-20(26-18)14-5-3-9-23(12-14)13-15-11-17(24-22-15)19-8-4-10-25-19/h1-2,4,6-8,10-11,14H,3,5,9,12-13H2/p+1/t14-/m1/s1. The number of hydrogen-bond acceptors (Lipinski definition) is 5. The molecule has 1 aromatic carbocycles. The zero-order chi connectivity index (χ0) is 17.3. The van der Waals surface area contributed by atoms with Crippen LogP contribution >= 0.6 is 22.7 Å². The zero-order valence-electron chi connectivity index (χ0n) is 14.4. The second kappa shape index (κ2) is 6.95. The van der Waals surface area contributed by atoms with Crippen molar-refractivity contribution in [2.75, 3.05) is 13.1 Å². The summed E-state index contributed by atoms with van der Waals surface area (Å²) in [5.74, 6) is 1.44. The molecule has 4 heterocycles. The summed E-state index contributed by atoms with van der Waals surface area (Å²) in [6.45, 7) is 3.25. The number of para-hydroxylation sites is 1. The van der Waals surface area contributed by atoms with E-state index in [1.807, 2.05) is 17.4 Å². The van der Waals surface area contributed by atoms with Crippen molar-refractivity contribution >= 4 is 32.9 Å². The van der Waals surface area contributed by atoms with Crippen molar-refractivity contribution in [2.45, 2.75) is 25.3 Å². The van der Waals surface area contributed by atoms with E-state index < -0.39 is 0 Å². The number of quaternary nitrogens is 1. The van der Waals surface area contributed by atoms with E-state index in [1.165, 1.54) is 29.1 Å². The molecule has 6 heteroatoms. The molecule has 1 unspecified atom stereocenters. The molecule has 0 spiro atoms. The lowest BCUT2D eigenvalue weighted by Crippen LogP contribution is -3.12. The number of thiazole rings is 1. The summed E-state index contributed by atoms with van der Waals surface area (Å²) in [5.41, 5.74) is 2.19. The monoisotopic (exact) mass is 382 g/mol. The van der Waals surface area contributed by atoms with Crippen LogP contribution in [0.15, 0.2) is 52.4 Å². The third kappa shape index (κ3) is 3.20. The first-order chi connectivity index (χ1) is 12.8. The molecule has 0 saturated carbocycles. The van der Waals surface area contributed by atoms with Crippen LogP contribution in [0.3, 0.4) is 0 Å². The first-order valence-electron chi connectivity index (χ1n) is 9.04. The topological polar surface area (TPSA) is 43.4 Å². The predicted molar refractivity (Wildman–Crippen MR) is 106 cm³/mol. The van der Waals surface area contributed by atoms with Gasteiger partial charge >= 0.3 is 0 Å². The van der Waals surface area contributed by atoms with E-state index in [0.717, 1.165) is 34.9 Å². The number of thiophene rings is 1. The van der Waals surface area contributed by atoms with Gasteiger partial charge in [-0.15, -0.1) is 22.7 Å². The summed E-state index contributed by atoms with van der Waals surface area (Å²) < 4.78 is 6.84. The Hall–Kier alpha value is -2.02. The summed E-state index contributed by atoms with van der Waals surface area (Å²) in [7, 11) is 0. The van der Waals surface area contributed by atoms with Gasteiger partial charge in [0.25, 0.3) is 0 Å². The smallest absolute Gasteiger partial charge is 0.177 e. The van der Waals surface area contributed by atoms with Gasteiger partial charge in [0.05, 0.1) is 34.1 Å². The Balaban J connectivity index is 1.30. The fraction of sp³-hybridized carbons (Fsp3) is 0.300. The Labute approximate surface area is 160 Å². The lowest BCUT2D eigenvalue weighted by Gasteiger charge is -2.28. The summed E-state index contributed by atoms with van der Waals surface area (Å²) in [6, 6.07) is 14.7. The van der Waals surface area contributed by atoms with Crippen molar-refractivity contribution in [1.82, 2.24) is 10.1 Å². The molecule has 0 amide bonds. The Bertz CT molecular complexity index is 972. The number of nitrogens with one attached hydrogen (secondary N) is 1. The van der Waals surface area contributed by atoms with Gasteiger partial charge in [-0.2, -0.15) is 0 Å². The van der Waals surface area contributed by atoms with Crippen molar-refractivity contribution in [3.05, 3.63) is 58.5 Å². The molecule has 0 radical (unpaired) electrons. The van der Waals surface area contributed by atoms with Gasteiger partial charge in [-0.1, -0.05) is 23.4 Å². The summed E-state index contributed by atoms with van der Waals surface area (Å²) >= 11 is 3.54. The highest BCUT2D eigenvalue weighted by Crippen LogP contribution is 2.30. The van der Waals surface area contributed by atoms with Gasteiger partial charge in [0, 0.05) is 6.07 Å². The Morgan fingerprint density at radius 3 is 3.04 bits per heavy atom. The first kappa shape index (κ1) is 16.2. The largest absolute Gasteiger partial charge is 0.355 e. The van der Waals surface area contributed by atoms with Crippen molar-refractivity contribution in [3.63, 3.8) is 0 Å². The molecular formula is C20H20N3OS2+. The van der Waals surface area contributed by atoms with Crippen LogP contribution in [0, 0.1) is 0 Å². The number of benzene rings is 1. The maximum Gasteiger partial charge on any atom is 0.177 e. The molecule has 1 N–H and O–H groups in total. The maximum atomic E-state index is 5.54. The lowest BCUT2D eigenvalue weighted by atomic mass is 9.98. The maximum absolute atomic E-state index is 5.54. The SMILES string of the molecule is c1csc(-c2cc(C[NH+]3CCC[C@@H](c4nc5ccccc5s4)C3)no2)c1. The molecule has 4 aromatic rings. The summed E-state index contributed by atoms with van der Waals surface area (Å²) in [4.78, 5) is 7.61. The number of fused-ring (bicyclic) bond motifs is 1. The molecule has 3 aromatic heterocycles. The van der Waals surface area contributed by atoms with Crippen LogP contribution < -0.4 is 4.90 Å². The van der Waals surface area contributed by atoms with Gasteiger partial charge in [0.2, 0.25) is 0 Å². The lowest BCUT2D eigenvalue weighted by molar-refractivity contribution is -0.920. The van der Waals surface area contributed by atoms with Crippen LogP contribution in [0.1, 0.15) is 29.5 Å². The van der Waals surface area contributed by atoms with Gasteiger partial charge in [0.15, 0.2) is 5.76 Å². The highest BCUT2D eigenvalue weighted by atomic mass is 32.1. The van der Waals surface area contributed by atoms with E-state index in [2.05, 4.69) is 46.9 Å². The third-order valence-electron chi connectivity index (χ3n) is 5.03. The summed E-state index contributed by atoms with van der Waals surface area (Å²) in [6.07, 6.45) is 2.48. The fourth-order valence-corrected chi connectivity index (χ4v) is 5.55. The number of piperidine rings is 1. The van der Waals surface area contributed by atoms with E-state index in [4.69, 9.17) is 9.51 Å². The first-order valence-corrected chi connectivity index (χ1v) is 10.7. The molecule has 132 valence electrons. The molecule has 1 fully saturated rings. The van der Waals surface area contributed by atoms with Crippen molar-refractivity contribution in [2.24, 2.45) is 0 Å². The molecule has 0 bridgehead atoms. The average Bonchev–Trinajstić information content (AvgIpc) is 3.41. The Morgan fingerprint density at radius 2 is 2.15 bits per heavy atom. The van der Waals surface area contributed by atoms with Crippen molar-refractivity contribution in [3.8, 4) is 10.6 Å². The van der Waals surface area contributed by atoms with Crippen molar-refractivity contribution < 1.29 is 9.42 Å². The van der Waals surface area contributed by atoms with Crippen LogP contribution in [0.25, 0.3) is 20.9 Å². The van der Waals surface area contributed by atoms with Gasteiger partial charge < -0.3 is 9.42 Å². The van der Waals surface area contributed by atoms with E-state index in [1.54, 1.807) is 16.2 Å². The van der Waals surface area contributed by atoms with E-state index >= 15 is 0 Å². The molecule has 1 saturated heterocycles. The molecule has 1 aliphatic rings. The van der Waals surface area contributed by atoms with Crippen LogP contribution in [0.2, 0.25) is 0 Å². The molecule has 5 rings (SSSR count). The number of hydrogen-bond donors (Lipinski definition) is 1. The second-order valence-electron chi connectivity index (χ2n) is 6.90. The van der Waals surface area contributed by atoms with E-state index in [9.17, 15) is 0 Å². The van der Waals surface area contributed by atoms with Gasteiger partial charge in [-0.3, -0.25) is 0 Å². The van der Waals surface area contributed by atoms with Gasteiger partial charge in [0.1, 0.15) is 17.2 Å². The minimum absolute atomic E-state index is 0.555. The summed E-state index contributed by atoms with van der Waals surface area (Å²) in [5, 5.41) is 7.66. The van der Waals surface area contributed by atoms with E-state index in [-0.39, 0.29) is 0 Å². The minimum Gasteiger partial charge on any atom is -0.355 e. The van der Waals surface area contributed by atoms with Crippen LogP contribution in [0.5, 0.6) is 0 Å². The van der Waals surface area contributed by atoms with Crippen LogP contribution in [-0.2, 0) is 6.54 Å². The molecular weight excluding hydrogens is 362 g/mol. The van der Waals surface area contributed by atoms with Crippen molar-refractivity contribution in [1.29, 1.82) is 0 Å². The molecule has 4 nitrogen and oxygen atoms in total. The third-order valence-corrected chi connectivity index (χ3v) is 7.12. The van der Waals surface area contributed by atoms with Gasteiger partial charge in [-0.05, 0) is 36.4 Å². The quantitative estimate of drug-likeness (QED) is 0.581. The van der Waals surface area contributed by atoms with Crippen LogP contribution in [-0.4, -0.2) is 23.2 Å². The number of likely N-dealkylation sites (tertiary alicyclic amines) is 1. The average molecular weight is 383 g/mol. The van der Waals surface area contributed by atoms with E-state index in [0.29, 0.717) is 5.92 Å². The Kier molecular flexibility index (Phi) is 4.32. The number of nitrogens with zero attached hydrogens (tertiary/aromatic N) is 2. The minimum atomic E-state index is 0.555. The number of rotatable bonds is 4. The fourth-order valence-electron chi connectivity index (χ4n) is 3.77. The molecule has 1 aliphatic heterocycles. The predicted octanol–water partition coefficient (Wildman–Crippen LogP) is 3.98. The molecule has 2 atom stereocenters. The second-order valence-corrected chi connectivity index (χ2v) is 8.91. The van der Waals surface area contributed by atoms with Gasteiger partial charge in [-0.25, -0.2) is 4.98 Å². The normalized spacial score (nSPS) is 20.6. The Morgan fingerprint density at radius 1 is 1.19 bits per heavy atom. The van der Waals surface area contributed by atoms with Crippen LogP contribution in [0.4, 0.5) is 0 Å².